The number of carbonyl (C=O) groups is 2. The van der Waals surface area contributed by atoms with Gasteiger partial charge in [-0.3, -0.25) is 4.79 Å². The Morgan fingerprint density at radius 1 is 1.28 bits per heavy atom. The molecule has 1 aliphatic carbocycles. The molecule has 1 fully saturated rings. The van der Waals surface area contributed by atoms with Gasteiger partial charge in [-0.2, -0.15) is 0 Å². The Morgan fingerprint density at radius 3 is 2.52 bits per heavy atom. The number of carbonyl (C=O) groups excluding carboxylic acids is 1. The molecule has 2 aromatic rings. The van der Waals surface area contributed by atoms with E-state index in [0.29, 0.717) is 16.1 Å². The van der Waals surface area contributed by atoms with Crippen LogP contribution in [0.15, 0.2) is 35.3 Å². The molecule has 154 valence electrons. The summed E-state index contributed by atoms with van der Waals surface area (Å²) in [6.45, 7) is 3.46. The fourth-order valence-corrected chi connectivity index (χ4v) is 3.63. The van der Waals surface area contributed by atoms with Gasteiger partial charge in [0.25, 0.3) is 5.56 Å². The van der Waals surface area contributed by atoms with Gasteiger partial charge in [-0.25, -0.2) is 9.59 Å². The number of carboxylic acid groups (broad SMARTS) is 1. The van der Waals surface area contributed by atoms with E-state index in [0.717, 1.165) is 23.0 Å². The minimum absolute atomic E-state index is 0.0962. The van der Waals surface area contributed by atoms with Crippen molar-refractivity contribution in [1.82, 2.24) is 4.57 Å². The molecular formula is C21H23ClN2O5. The summed E-state index contributed by atoms with van der Waals surface area (Å²) in [5.41, 5.74) is 7.12. The predicted molar refractivity (Wildman–Crippen MR) is 109 cm³/mol. The largest absolute Gasteiger partial charge is 0.480 e. The van der Waals surface area contributed by atoms with Crippen molar-refractivity contribution < 1.29 is 19.4 Å². The minimum Gasteiger partial charge on any atom is -0.480 e. The van der Waals surface area contributed by atoms with Crippen LogP contribution in [0.5, 0.6) is 0 Å². The molecule has 29 heavy (non-hydrogen) atoms. The van der Waals surface area contributed by atoms with Crippen molar-refractivity contribution in [3.8, 4) is 11.1 Å². The monoisotopic (exact) mass is 418 g/mol. The van der Waals surface area contributed by atoms with Gasteiger partial charge in [-0.1, -0.05) is 24.6 Å². The number of carboxylic acids is 1. The average Bonchev–Trinajstić information content (AvgIpc) is 3.41. The van der Waals surface area contributed by atoms with Crippen molar-refractivity contribution in [2.45, 2.75) is 44.7 Å². The third kappa shape index (κ3) is 4.06. The first-order valence-electron chi connectivity index (χ1n) is 9.47. The number of aliphatic carboxylic acids is 1. The Morgan fingerprint density at radius 2 is 1.97 bits per heavy atom. The molecule has 8 heteroatoms. The number of esters is 1. The molecule has 0 spiro atoms. The maximum atomic E-state index is 12.8. The lowest BCUT2D eigenvalue weighted by Crippen LogP contribution is -2.30. The second kappa shape index (κ2) is 8.00. The molecule has 3 rings (SSSR count). The van der Waals surface area contributed by atoms with Gasteiger partial charge in [0.15, 0.2) is 0 Å². The number of ether oxygens (including phenoxy) is 1. The van der Waals surface area contributed by atoms with Crippen LogP contribution in [0.4, 0.5) is 0 Å². The summed E-state index contributed by atoms with van der Waals surface area (Å²) in [4.78, 5) is 37.1. The Hall–Kier alpha value is -2.64. The molecule has 0 bridgehead atoms. The van der Waals surface area contributed by atoms with Gasteiger partial charge in [-0.15, -0.1) is 0 Å². The second-order valence-corrected chi connectivity index (χ2v) is 7.61. The van der Waals surface area contributed by atoms with Crippen LogP contribution >= 0.6 is 11.6 Å². The molecule has 1 aromatic carbocycles. The number of aromatic nitrogens is 1. The number of pyridine rings is 1. The zero-order valence-electron chi connectivity index (χ0n) is 16.3. The zero-order chi connectivity index (χ0) is 21.3. The normalized spacial score (nSPS) is 15.6. The smallest absolute Gasteiger partial charge is 0.340 e. The summed E-state index contributed by atoms with van der Waals surface area (Å²) in [5, 5.41) is 9.89. The van der Waals surface area contributed by atoms with Crippen LogP contribution < -0.4 is 11.3 Å². The van der Waals surface area contributed by atoms with E-state index in [2.05, 4.69) is 0 Å². The van der Waals surface area contributed by atoms with Gasteiger partial charge in [-0.05, 0) is 49.4 Å². The molecule has 7 nitrogen and oxygen atoms in total. The summed E-state index contributed by atoms with van der Waals surface area (Å²) < 4.78 is 6.22. The number of benzene rings is 1. The van der Waals surface area contributed by atoms with Crippen LogP contribution in [0.25, 0.3) is 11.1 Å². The quantitative estimate of drug-likeness (QED) is 0.667. The zero-order valence-corrected chi connectivity index (χ0v) is 17.0. The molecule has 1 saturated carbocycles. The Labute approximate surface area is 173 Å². The molecule has 0 aliphatic heterocycles. The highest BCUT2D eigenvalue weighted by Gasteiger charge is 2.42. The molecule has 1 aliphatic rings. The Balaban J connectivity index is 2.28. The lowest BCUT2D eigenvalue weighted by Gasteiger charge is -2.20. The van der Waals surface area contributed by atoms with Crippen molar-refractivity contribution in [1.29, 1.82) is 0 Å². The van der Waals surface area contributed by atoms with Crippen LogP contribution in [0.3, 0.4) is 0 Å². The van der Waals surface area contributed by atoms with E-state index in [9.17, 15) is 19.5 Å². The van der Waals surface area contributed by atoms with E-state index < -0.39 is 29.1 Å². The fraction of sp³-hybridized carbons (Fsp3) is 0.381. The Bertz CT molecular complexity index is 1030. The molecule has 0 amide bonds. The molecule has 3 N–H and O–H groups in total. The molecule has 1 atom stereocenters. The second-order valence-electron chi connectivity index (χ2n) is 7.18. The molecule has 1 aromatic heterocycles. The van der Waals surface area contributed by atoms with Crippen molar-refractivity contribution in [2.75, 3.05) is 6.61 Å². The summed E-state index contributed by atoms with van der Waals surface area (Å²) in [6.07, 6.45) is 3.01. The van der Waals surface area contributed by atoms with E-state index in [-0.39, 0.29) is 18.6 Å². The summed E-state index contributed by atoms with van der Waals surface area (Å²) in [6, 6.07) is 5.36. The first-order valence-corrected chi connectivity index (χ1v) is 9.85. The number of nitrogens with two attached hydrogens (primary N) is 1. The minimum atomic E-state index is -1.15. The fourth-order valence-electron chi connectivity index (χ4n) is 3.45. The average molecular weight is 419 g/mol. The van der Waals surface area contributed by atoms with Crippen LogP contribution in [0.2, 0.25) is 5.02 Å². The van der Waals surface area contributed by atoms with Crippen LogP contribution in [-0.4, -0.2) is 28.2 Å². The maximum Gasteiger partial charge on any atom is 0.340 e. The lowest BCUT2D eigenvalue weighted by atomic mass is 9.91. The highest BCUT2D eigenvalue weighted by atomic mass is 35.5. The molecular weight excluding hydrogens is 396 g/mol. The number of hydrogen-bond acceptors (Lipinski definition) is 5. The van der Waals surface area contributed by atoms with Crippen LogP contribution in [0, 0.1) is 0 Å². The van der Waals surface area contributed by atoms with Crippen LogP contribution in [0.1, 0.15) is 55.1 Å². The van der Waals surface area contributed by atoms with Gasteiger partial charge in [0.1, 0.15) is 6.04 Å². The SMILES string of the molecule is CCOC(=O)c1cn(C(CC)C(=O)O)c(=O)cc1-c1cc(Cl)ccc1C1(N)CC1. The third-order valence-corrected chi connectivity index (χ3v) is 5.42. The van der Waals surface area contributed by atoms with E-state index in [1.165, 1.54) is 12.3 Å². The maximum absolute atomic E-state index is 12.8. The third-order valence-electron chi connectivity index (χ3n) is 5.18. The summed E-state index contributed by atoms with van der Waals surface area (Å²) in [7, 11) is 0. The number of halogens is 1. The summed E-state index contributed by atoms with van der Waals surface area (Å²) in [5.74, 6) is -1.80. The van der Waals surface area contributed by atoms with Gasteiger partial charge < -0.3 is 20.1 Å². The first-order chi connectivity index (χ1) is 13.7. The highest BCUT2D eigenvalue weighted by Crippen LogP contribution is 2.47. The van der Waals surface area contributed by atoms with E-state index in [1.807, 2.05) is 0 Å². The van der Waals surface area contributed by atoms with Crippen molar-refractivity contribution in [2.24, 2.45) is 5.73 Å². The first kappa shape index (κ1) is 21.1. The topological polar surface area (TPSA) is 112 Å². The van der Waals surface area contributed by atoms with Crippen molar-refractivity contribution in [3.05, 3.63) is 57.0 Å². The number of hydrogen-bond donors (Lipinski definition) is 2. The van der Waals surface area contributed by atoms with Crippen molar-refractivity contribution in [3.63, 3.8) is 0 Å². The summed E-state index contributed by atoms with van der Waals surface area (Å²) >= 11 is 6.20. The predicted octanol–water partition coefficient (Wildman–Crippen LogP) is 3.33. The molecule has 1 unspecified atom stereocenters. The van der Waals surface area contributed by atoms with E-state index in [4.69, 9.17) is 22.1 Å². The van der Waals surface area contributed by atoms with E-state index >= 15 is 0 Å². The Kier molecular flexibility index (Phi) is 5.82. The van der Waals surface area contributed by atoms with Gasteiger partial charge in [0.2, 0.25) is 0 Å². The molecule has 1 heterocycles. The van der Waals surface area contributed by atoms with Crippen LogP contribution in [-0.2, 0) is 15.1 Å². The number of nitrogens with zero attached hydrogens (tertiary/aromatic N) is 1. The molecule has 0 saturated heterocycles. The van der Waals surface area contributed by atoms with E-state index in [1.54, 1.807) is 32.0 Å². The number of rotatable bonds is 7. The standard InChI is InChI=1S/C21H23ClN2O5/c1-3-17(19(26)27)24-11-15(20(28)29-4-2)13(10-18(24)25)14-9-12(22)5-6-16(14)21(23)7-8-21/h5-6,9-11,17H,3-4,7-8,23H2,1-2H3,(H,26,27). The van der Waals surface area contributed by atoms with Crippen molar-refractivity contribution >= 4 is 23.5 Å². The van der Waals surface area contributed by atoms with Gasteiger partial charge in [0.05, 0.1) is 12.2 Å². The highest BCUT2D eigenvalue weighted by molar-refractivity contribution is 6.31. The lowest BCUT2D eigenvalue weighted by molar-refractivity contribution is -0.141. The molecule has 0 radical (unpaired) electrons. The van der Waals surface area contributed by atoms with Gasteiger partial charge in [0, 0.05) is 28.4 Å². The van der Waals surface area contributed by atoms with Gasteiger partial charge >= 0.3 is 11.9 Å².